The normalized spacial score (nSPS) is 19.6. The van der Waals surface area contributed by atoms with Crippen LogP contribution in [0.4, 0.5) is 0 Å². The van der Waals surface area contributed by atoms with E-state index in [1.54, 1.807) is 12.1 Å². The van der Waals surface area contributed by atoms with Crippen molar-refractivity contribution in [2.24, 2.45) is 0 Å². The molecule has 4 heteroatoms. The summed E-state index contributed by atoms with van der Waals surface area (Å²) >= 11 is 5.80. The van der Waals surface area contributed by atoms with Gasteiger partial charge in [-0.25, -0.2) is 4.79 Å². The van der Waals surface area contributed by atoms with Crippen molar-refractivity contribution in [3.8, 4) is 5.75 Å². The number of aryl methyl sites for hydroxylation is 1. The Morgan fingerprint density at radius 2 is 2.36 bits per heavy atom. The number of hydrogen-bond acceptors (Lipinski definition) is 2. The molecular weight excluding hydrogens is 204 g/mol. The molecule has 1 N–H and O–H groups in total. The highest BCUT2D eigenvalue weighted by Crippen LogP contribution is 2.29. The van der Waals surface area contributed by atoms with E-state index in [0.717, 1.165) is 5.56 Å². The monoisotopic (exact) mass is 212 g/mol. The number of carboxylic acids is 1. The number of fused-ring (bicyclic) bond motifs is 1. The van der Waals surface area contributed by atoms with Gasteiger partial charge in [0.15, 0.2) is 6.10 Å². The topological polar surface area (TPSA) is 46.5 Å². The molecule has 2 rings (SSSR count). The van der Waals surface area contributed by atoms with Crippen molar-refractivity contribution in [1.29, 1.82) is 0 Å². The molecule has 1 heterocycles. The van der Waals surface area contributed by atoms with Gasteiger partial charge in [0, 0.05) is 5.02 Å². The van der Waals surface area contributed by atoms with Crippen LogP contribution in [-0.2, 0) is 11.2 Å². The molecule has 0 saturated heterocycles. The number of benzene rings is 1. The Bertz CT molecular complexity index is 376. The number of ether oxygens (including phenoxy) is 1. The van der Waals surface area contributed by atoms with E-state index in [0.29, 0.717) is 23.6 Å². The number of hydrogen-bond donors (Lipinski definition) is 1. The third kappa shape index (κ3) is 1.68. The van der Waals surface area contributed by atoms with Gasteiger partial charge in [0.05, 0.1) is 0 Å². The van der Waals surface area contributed by atoms with Gasteiger partial charge in [0.1, 0.15) is 5.75 Å². The van der Waals surface area contributed by atoms with Crippen LogP contribution in [0.5, 0.6) is 5.75 Å². The second kappa shape index (κ2) is 3.50. The van der Waals surface area contributed by atoms with E-state index in [2.05, 4.69) is 0 Å². The Kier molecular flexibility index (Phi) is 2.33. The largest absolute Gasteiger partial charge is 0.479 e. The molecule has 1 atom stereocenters. The molecule has 0 aromatic heterocycles. The van der Waals surface area contributed by atoms with E-state index in [9.17, 15) is 4.79 Å². The van der Waals surface area contributed by atoms with Gasteiger partial charge in [0.2, 0.25) is 0 Å². The fraction of sp³-hybridized carbons (Fsp3) is 0.300. The van der Waals surface area contributed by atoms with Crippen LogP contribution in [0.1, 0.15) is 12.0 Å². The molecule has 0 aliphatic carbocycles. The number of halogens is 1. The fourth-order valence-corrected chi connectivity index (χ4v) is 1.73. The highest BCUT2D eigenvalue weighted by molar-refractivity contribution is 6.30. The summed E-state index contributed by atoms with van der Waals surface area (Å²) in [7, 11) is 0. The molecule has 74 valence electrons. The average molecular weight is 213 g/mol. The van der Waals surface area contributed by atoms with Crippen molar-refractivity contribution < 1.29 is 14.6 Å². The van der Waals surface area contributed by atoms with Crippen LogP contribution in [0.2, 0.25) is 5.02 Å². The smallest absolute Gasteiger partial charge is 0.344 e. The molecule has 1 unspecified atom stereocenters. The van der Waals surface area contributed by atoms with Gasteiger partial charge in [-0.05, 0) is 36.6 Å². The molecule has 14 heavy (non-hydrogen) atoms. The van der Waals surface area contributed by atoms with Gasteiger partial charge in [-0.15, -0.1) is 0 Å². The van der Waals surface area contributed by atoms with Crippen LogP contribution in [0, 0.1) is 0 Å². The number of aliphatic carboxylic acids is 1. The zero-order valence-electron chi connectivity index (χ0n) is 7.37. The van der Waals surface area contributed by atoms with Crippen LogP contribution in [0.3, 0.4) is 0 Å². The summed E-state index contributed by atoms with van der Waals surface area (Å²) in [6.07, 6.45) is 0.485. The van der Waals surface area contributed by atoms with E-state index in [4.69, 9.17) is 21.4 Å². The Morgan fingerprint density at radius 1 is 1.57 bits per heavy atom. The molecule has 1 aliphatic rings. The van der Waals surface area contributed by atoms with E-state index >= 15 is 0 Å². The quantitative estimate of drug-likeness (QED) is 0.776. The minimum atomic E-state index is -0.911. The van der Waals surface area contributed by atoms with Crippen LogP contribution in [-0.4, -0.2) is 17.2 Å². The Labute approximate surface area is 86.3 Å². The van der Waals surface area contributed by atoms with Crippen LogP contribution in [0.15, 0.2) is 18.2 Å². The van der Waals surface area contributed by atoms with E-state index < -0.39 is 12.1 Å². The fourth-order valence-electron chi connectivity index (χ4n) is 1.53. The van der Waals surface area contributed by atoms with E-state index in [1.807, 2.05) is 6.07 Å². The van der Waals surface area contributed by atoms with Gasteiger partial charge in [-0.2, -0.15) is 0 Å². The van der Waals surface area contributed by atoms with Gasteiger partial charge >= 0.3 is 5.97 Å². The van der Waals surface area contributed by atoms with Gasteiger partial charge in [0.25, 0.3) is 0 Å². The Balaban J connectivity index is 2.27. The molecule has 0 radical (unpaired) electrons. The Morgan fingerprint density at radius 3 is 3.07 bits per heavy atom. The zero-order valence-corrected chi connectivity index (χ0v) is 8.12. The maximum absolute atomic E-state index is 10.7. The first-order chi connectivity index (χ1) is 6.66. The van der Waals surface area contributed by atoms with Crippen molar-refractivity contribution in [3.05, 3.63) is 28.8 Å². The van der Waals surface area contributed by atoms with Crippen molar-refractivity contribution in [1.82, 2.24) is 0 Å². The molecule has 3 nitrogen and oxygen atoms in total. The van der Waals surface area contributed by atoms with E-state index in [1.165, 1.54) is 0 Å². The van der Waals surface area contributed by atoms with Crippen molar-refractivity contribution in [2.75, 3.05) is 0 Å². The standard InChI is InChI=1S/C10H9ClO3/c11-7-2-4-8-6(5-7)1-3-9(14-8)10(12)13/h2,4-5,9H,1,3H2,(H,12,13). The number of carbonyl (C=O) groups is 1. The SMILES string of the molecule is O=C(O)C1CCc2cc(Cl)ccc2O1. The number of carboxylic acid groups (broad SMARTS) is 1. The molecule has 0 fully saturated rings. The lowest BCUT2D eigenvalue weighted by Crippen LogP contribution is -2.30. The molecule has 1 aromatic rings. The summed E-state index contributed by atoms with van der Waals surface area (Å²) in [6.45, 7) is 0. The molecule has 0 spiro atoms. The molecule has 0 bridgehead atoms. The predicted molar refractivity (Wildman–Crippen MR) is 51.8 cm³/mol. The van der Waals surface area contributed by atoms with Gasteiger partial charge < -0.3 is 9.84 Å². The molecular formula is C10H9ClO3. The zero-order chi connectivity index (χ0) is 10.1. The maximum atomic E-state index is 10.7. The average Bonchev–Trinajstić information content (AvgIpc) is 2.16. The highest BCUT2D eigenvalue weighted by Gasteiger charge is 2.25. The highest BCUT2D eigenvalue weighted by atomic mass is 35.5. The third-order valence-electron chi connectivity index (χ3n) is 2.24. The summed E-state index contributed by atoms with van der Waals surface area (Å²) < 4.78 is 5.29. The van der Waals surface area contributed by atoms with Gasteiger partial charge in [-0.1, -0.05) is 11.6 Å². The summed E-state index contributed by atoms with van der Waals surface area (Å²) in [5.74, 6) is -0.279. The first-order valence-electron chi connectivity index (χ1n) is 4.35. The molecule has 1 aromatic carbocycles. The lowest BCUT2D eigenvalue weighted by Gasteiger charge is -2.22. The second-order valence-electron chi connectivity index (χ2n) is 3.24. The third-order valence-corrected chi connectivity index (χ3v) is 2.48. The Hall–Kier alpha value is -1.22. The van der Waals surface area contributed by atoms with Gasteiger partial charge in [-0.3, -0.25) is 0 Å². The minimum Gasteiger partial charge on any atom is -0.479 e. The number of rotatable bonds is 1. The minimum absolute atomic E-state index is 0.503. The lowest BCUT2D eigenvalue weighted by molar-refractivity contribution is -0.145. The first kappa shape index (κ1) is 9.34. The van der Waals surface area contributed by atoms with Crippen molar-refractivity contribution in [3.63, 3.8) is 0 Å². The van der Waals surface area contributed by atoms with Crippen LogP contribution in [0.25, 0.3) is 0 Å². The molecule has 0 amide bonds. The van der Waals surface area contributed by atoms with Crippen LogP contribution < -0.4 is 4.74 Å². The summed E-state index contributed by atoms with van der Waals surface area (Å²) in [6, 6.07) is 5.23. The second-order valence-corrected chi connectivity index (χ2v) is 3.67. The lowest BCUT2D eigenvalue weighted by atomic mass is 10.0. The predicted octanol–water partition coefficient (Wildman–Crippen LogP) is 2.12. The van der Waals surface area contributed by atoms with E-state index in [-0.39, 0.29) is 0 Å². The van der Waals surface area contributed by atoms with Crippen LogP contribution >= 0.6 is 11.6 Å². The molecule has 0 saturated carbocycles. The summed E-state index contributed by atoms with van der Waals surface area (Å²) in [4.78, 5) is 10.7. The first-order valence-corrected chi connectivity index (χ1v) is 4.72. The molecule has 1 aliphatic heterocycles. The van der Waals surface area contributed by atoms with Crippen molar-refractivity contribution in [2.45, 2.75) is 18.9 Å². The van der Waals surface area contributed by atoms with Crippen molar-refractivity contribution >= 4 is 17.6 Å². The summed E-state index contributed by atoms with van der Waals surface area (Å²) in [5.41, 5.74) is 0.981. The maximum Gasteiger partial charge on any atom is 0.344 e. The summed E-state index contributed by atoms with van der Waals surface area (Å²) in [5, 5.41) is 9.42.